The third-order valence-electron chi connectivity index (χ3n) is 1.27. The van der Waals surface area contributed by atoms with Gasteiger partial charge in [0.1, 0.15) is 0 Å². The van der Waals surface area contributed by atoms with Gasteiger partial charge in [-0.05, 0) is 0 Å². The molecule has 0 amide bonds. The number of sulfonamides is 1. The van der Waals surface area contributed by atoms with Crippen LogP contribution in [0.25, 0.3) is 0 Å². The maximum absolute atomic E-state index is 11.2. The first-order valence-electron chi connectivity index (χ1n) is 3.34. The van der Waals surface area contributed by atoms with E-state index < -0.39 is 26.2 Å². The lowest BCUT2D eigenvalue weighted by molar-refractivity contribution is 0.153. The fourth-order valence-corrected chi connectivity index (χ4v) is 1.57. The van der Waals surface area contributed by atoms with E-state index in [9.17, 15) is 18.0 Å². The zero-order chi connectivity index (χ0) is 10.8. The fourth-order valence-electron chi connectivity index (χ4n) is 0.752. The summed E-state index contributed by atoms with van der Waals surface area (Å²) >= 11 is 0. The first kappa shape index (κ1) is 10.6. The van der Waals surface area contributed by atoms with E-state index in [0.717, 1.165) is 13.3 Å². The van der Waals surface area contributed by atoms with Gasteiger partial charge in [-0.15, -0.1) is 0 Å². The van der Waals surface area contributed by atoms with Crippen LogP contribution in [0.1, 0.15) is 0 Å². The predicted octanol–water partition coefficient (Wildman–Crippen LogP) is -2.10. The Balaban J connectivity index is 3.35. The van der Waals surface area contributed by atoms with Crippen molar-refractivity contribution in [3.63, 3.8) is 0 Å². The van der Waals surface area contributed by atoms with Crippen molar-refractivity contribution >= 4 is 10.0 Å². The van der Waals surface area contributed by atoms with Gasteiger partial charge in [0.25, 0.3) is 15.6 Å². The van der Waals surface area contributed by atoms with E-state index in [0.29, 0.717) is 0 Å². The fraction of sp³-hybridized carbons (Fsp3) is 0.200. The summed E-state index contributed by atoms with van der Waals surface area (Å²) in [6, 6.07) is 0. The number of nitrogens with one attached hydrogen (secondary N) is 3. The van der Waals surface area contributed by atoms with Crippen LogP contribution in [-0.4, -0.2) is 25.5 Å². The lowest BCUT2D eigenvalue weighted by atomic mass is 10.7. The van der Waals surface area contributed by atoms with Gasteiger partial charge >= 0.3 is 5.69 Å². The van der Waals surface area contributed by atoms with Crippen molar-refractivity contribution in [2.24, 2.45) is 0 Å². The van der Waals surface area contributed by atoms with Crippen LogP contribution in [0, 0.1) is 0 Å². The zero-order valence-electron chi connectivity index (χ0n) is 7.03. The molecule has 0 saturated heterocycles. The normalized spacial score (nSPS) is 11.5. The Kier molecular flexibility index (Phi) is 2.84. The summed E-state index contributed by atoms with van der Waals surface area (Å²) in [6.45, 7) is 0. The molecule has 1 heterocycles. The molecule has 0 aromatic carbocycles. The lowest BCUT2D eigenvalue weighted by Crippen LogP contribution is -2.32. The van der Waals surface area contributed by atoms with E-state index in [1.54, 1.807) is 9.87 Å². The molecule has 9 heteroatoms. The predicted molar refractivity (Wildman–Crippen MR) is 45.0 cm³/mol. The van der Waals surface area contributed by atoms with Crippen molar-refractivity contribution in [2.45, 2.75) is 4.90 Å². The molecule has 1 rings (SSSR count). The molecular formula is C5H7N3O5S. The number of hydrogen-bond donors (Lipinski definition) is 3. The van der Waals surface area contributed by atoms with Gasteiger partial charge in [0.2, 0.25) is 0 Å². The quantitative estimate of drug-likeness (QED) is 0.505. The van der Waals surface area contributed by atoms with Crippen molar-refractivity contribution in [1.29, 1.82) is 0 Å². The molecule has 0 fully saturated rings. The number of aromatic amines is 2. The van der Waals surface area contributed by atoms with Gasteiger partial charge in [0.15, 0.2) is 4.90 Å². The molecule has 0 spiro atoms. The second-order valence-corrected chi connectivity index (χ2v) is 3.84. The molecule has 0 bridgehead atoms. The first-order chi connectivity index (χ1) is 6.47. The van der Waals surface area contributed by atoms with Crippen molar-refractivity contribution in [3.05, 3.63) is 27.0 Å². The summed E-state index contributed by atoms with van der Waals surface area (Å²) in [5.41, 5.74) is -1.80. The van der Waals surface area contributed by atoms with E-state index in [1.165, 1.54) is 0 Å². The molecule has 14 heavy (non-hydrogen) atoms. The van der Waals surface area contributed by atoms with Crippen LogP contribution in [0.4, 0.5) is 0 Å². The minimum atomic E-state index is -4.04. The lowest BCUT2D eigenvalue weighted by Gasteiger charge is -2.01. The summed E-state index contributed by atoms with van der Waals surface area (Å²) in [5, 5.41) is 0. The van der Waals surface area contributed by atoms with Gasteiger partial charge in [-0.3, -0.25) is 14.6 Å². The largest absolute Gasteiger partial charge is 0.325 e. The molecule has 0 unspecified atom stereocenters. The maximum Gasteiger partial charge on any atom is 0.325 e. The van der Waals surface area contributed by atoms with Crippen LogP contribution in [0.2, 0.25) is 0 Å². The molecule has 0 aliphatic heterocycles. The standard InChI is InChI=1S/C5H7N3O5S/c1-13-8-14(11,12)3-2-6-5(10)7-4(3)9/h2,8H,1H3,(H2,6,7,9,10). The smallest absolute Gasteiger partial charge is 0.313 e. The Labute approximate surface area is 77.9 Å². The molecule has 1 aromatic rings. The molecule has 1 aromatic heterocycles. The van der Waals surface area contributed by atoms with Crippen LogP contribution in [0.15, 0.2) is 20.7 Å². The second-order valence-electron chi connectivity index (χ2n) is 2.23. The maximum atomic E-state index is 11.2. The Hall–Kier alpha value is -1.45. The van der Waals surface area contributed by atoms with Gasteiger partial charge in [-0.2, -0.15) is 0 Å². The molecule has 0 aliphatic carbocycles. The van der Waals surface area contributed by atoms with Crippen LogP contribution >= 0.6 is 0 Å². The molecule has 0 radical (unpaired) electrons. The van der Waals surface area contributed by atoms with Crippen molar-refractivity contribution in [1.82, 2.24) is 14.9 Å². The Morgan fingerprint density at radius 3 is 2.57 bits per heavy atom. The molecular weight excluding hydrogens is 214 g/mol. The second kappa shape index (κ2) is 3.74. The molecule has 0 aliphatic rings. The first-order valence-corrected chi connectivity index (χ1v) is 4.82. The summed E-state index contributed by atoms with van der Waals surface area (Å²) < 4.78 is 22.4. The number of hydrogen-bond acceptors (Lipinski definition) is 5. The van der Waals surface area contributed by atoms with E-state index in [2.05, 4.69) is 4.84 Å². The summed E-state index contributed by atoms with van der Waals surface area (Å²) in [4.78, 5) is 30.5. The average molecular weight is 221 g/mol. The van der Waals surface area contributed by atoms with E-state index in [4.69, 9.17) is 0 Å². The highest BCUT2D eigenvalue weighted by Gasteiger charge is 2.17. The van der Waals surface area contributed by atoms with Crippen molar-refractivity contribution < 1.29 is 13.3 Å². The third-order valence-corrected chi connectivity index (χ3v) is 2.54. The van der Waals surface area contributed by atoms with E-state index in [-0.39, 0.29) is 0 Å². The summed E-state index contributed by atoms with van der Waals surface area (Å²) in [7, 11) is -2.96. The van der Waals surface area contributed by atoms with Gasteiger partial charge in [-0.1, -0.05) is 4.89 Å². The number of aromatic nitrogens is 2. The Morgan fingerprint density at radius 1 is 1.43 bits per heavy atom. The van der Waals surface area contributed by atoms with E-state index in [1.807, 2.05) is 4.98 Å². The zero-order valence-corrected chi connectivity index (χ0v) is 7.84. The average Bonchev–Trinajstić information content (AvgIpc) is 2.02. The van der Waals surface area contributed by atoms with Gasteiger partial charge in [0.05, 0.1) is 7.11 Å². The van der Waals surface area contributed by atoms with Gasteiger partial charge < -0.3 is 4.98 Å². The summed E-state index contributed by atoms with van der Waals surface area (Å²) in [6.07, 6.45) is 0.780. The van der Waals surface area contributed by atoms with Crippen molar-refractivity contribution in [3.8, 4) is 0 Å². The molecule has 8 nitrogen and oxygen atoms in total. The van der Waals surface area contributed by atoms with Crippen LogP contribution in [0.5, 0.6) is 0 Å². The minimum Gasteiger partial charge on any atom is -0.313 e. The highest BCUT2D eigenvalue weighted by atomic mass is 32.2. The van der Waals surface area contributed by atoms with Gasteiger partial charge in [0, 0.05) is 6.20 Å². The summed E-state index contributed by atoms with van der Waals surface area (Å²) in [5.74, 6) is 0. The Morgan fingerprint density at radius 2 is 2.07 bits per heavy atom. The van der Waals surface area contributed by atoms with E-state index >= 15 is 0 Å². The molecule has 0 atom stereocenters. The topological polar surface area (TPSA) is 121 Å². The number of H-pyrrole nitrogens is 2. The molecule has 78 valence electrons. The SMILES string of the molecule is CONS(=O)(=O)c1c[nH]c(=O)[nH]c1=O. The Bertz CT molecular complexity index is 527. The van der Waals surface area contributed by atoms with Crippen LogP contribution in [0.3, 0.4) is 0 Å². The van der Waals surface area contributed by atoms with Crippen molar-refractivity contribution in [2.75, 3.05) is 7.11 Å². The minimum absolute atomic E-state index is 0.626. The molecule has 0 saturated carbocycles. The van der Waals surface area contributed by atoms with Gasteiger partial charge in [-0.25, -0.2) is 13.2 Å². The van der Waals surface area contributed by atoms with Crippen LogP contribution < -0.4 is 16.1 Å². The monoisotopic (exact) mass is 221 g/mol. The third kappa shape index (κ3) is 2.07. The highest BCUT2D eigenvalue weighted by molar-refractivity contribution is 7.89. The highest BCUT2D eigenvalue weighted by Crippen LogP contribution is 1.96. The molecule has 3 N–H and O–H groups in total. The number of rotatable bonds is 3. The van der Waals surface area contributed by atoms with Crippen LogP contribution in [-0.2, 0) is 14.9 Å².